The SMILES string of the molecule is CCOc1ccc(NC(=O)NCc2cc(OC)c(NS(C)(=O)=O)cc2OC)cc1C(=O)Nc1ccc(OC)c(OC)c1. The van der Waals surface area contributed by atoms with E-state index in [1.54, 1.807) is 43.3 Å². The third-order valence-corrected chi connectivity index (χ3v) is 6.35. The number of amides is 3. The van der Waals surface area contributed by atoms with Crippen molar-refractivity contribution >= 4 is 39.0 Å². The summed E-state index contributed by atoms with van der Waals surface area (Å²) in [5.74, 6) is 1.41. The quantitative estimate of drug-likeness (QED) is 0.226. The highest BCUT2D eigenvalue weighted by Gasteiger charge is 2.18. The molecule has 0 unspecified atom stereocenters. The number of ether oxygens (including phenoxy) is 5. The molecule has 0 spiro atoms. The van der Waals surface area contributed by atoms with Crippen molar-refractivity contribution in [2.24, 2.45) is 0 Å². The predicted octanol–water partition coefficient (Wildman–Crippen LogP) is 4.07. The maximum absolute atomic E-state index is 13.2. The summed E-state index contributed by atoms with van der Waals surface area (Å²) in [7, 11) is 2.26. The lowest BCUT2D eigenvalue weighted by Gasteiger charge is -2.16. The molecule has 4 N–H and O–H groups in total. The van der Waals surface area contributed by atoms with Crippen molar-refractivity contribution in [2.75, 3.05) is 56.7 Å². The van der Waals surface area contributed by atoms with Gasteiger partial charge in [-0.15, -0.1) is 0 Å². The zero-order valence-electron chi connectivity index (χ0n) is 24.1. The van der Waals surface area contributed by atoms with Crippen LogP contribution in [0.4, 0.5) is 21.9 Å². The number of benzene rings is 3. The Morgan fingerprint density at radius 1 is 0.738 bits per heavy atom. The average Bonchev–Trinajstić information content (AvgIpc) is 2.96. The molecule has 0 saturated heterocycles. The number of carbonyl (C=O) groups excluding carboxylic acids is 2. The lowest BCUT2D eigenvalue weighted by molar-refractivity contribution is 0.102. The number of rotatable bonds is 13. The Bertz CT molecular complexity index is 1540. The molecule has 3 amide bonds. The van der Waals surface area contributed by atoms with Crippen LogP contribution in [-0.4, -0.2) is 61.7 Å². The molecule has 0 heterocycles. The maximum Gasteiger partial charge on any atom is 0.319 e. The second kappa shape index (κ2) is 14.2. The summed E-state index contributed by atoms with van der Waals surface area (Å²) < 4.78 is 52.6. The van der Waals surface area contributed by atoms with Gasteiger partial charge in [-0.1, -0.05) is 0 Å². The Hall–Kier alpha value is -4.85. The summed E-state index contributed by atoms with van der Waals surface area (Å²) in [6.07, 6.45) is 1.02. The number of anilines is 3. The highest BCUT2D eigenvalue weighted by Crippen LogP contribution is 2.34. The molecule has 3 aromatic rings. The third kappa shape index (κ3) is 8.33. The van der Waals surface area contributed by atoms with Crippen molar-refractivity contribution in [1.82, 2.24) is 5.32 Å². The van der Waals surface area contributed by atoms with Crippen LogP contribution in [0.25, 0.3) is 0 Å². The van der Waals surface area contributed by atoms with Crippen LogP contribution in [0.1, 0.15) is 22.8 Å². The molecule has 3 rings (SSSR count). The van der Waals surface area contributed by atoms with Gasteiger partial charge >= 0.3 is 6.03 Å². The van der Waals surface area contributed by atoms with E-state index in [4.69, 9.17) is 23.7 Å². The van der Waals surface area contributed by atoms with Crippen LogP contribution in [-0.2, 0) is 16.6 Å². The first-order valence-electron chi connectivity index (χ1n) is 12.6. The number of hydrogen-bond acceptors (Lipinski definition) is 9. The van der Waals surface area contributed by atoms with E-state index in [0.717, 1.165) is 6.26 Å². The maximum atomic E-state index is 13.2. The Balaban J connectivity index is 1.76. The normalized spacial score (nSPS) is 10.7. The minimum absolute atomic E-state index is 0.0220. The number of carbonyl (C=O) groups is 2. The van der Waals surface area contributed by atoms with Gasteiger partial charge in [0, 0.05) is 35.6 Å². The zero-order valence-corrected chi connectivity index (χ0v) is 24.9. The first kappa shape index (κ1) is 31.7. The number of urea groups is 1. The van der Waals surface area contributed by atoms with Gasteiger partial charge in [0.25, 0.3) is 5.91 Å². The molecule has 0 fully saturated rings. The molecule has 3 aromatic carbocycles. The topological polar surface area (TPSA) is 163 Å². The van der Waals surface area contributed by atoms with Crippen molar-refractivity contribution in [3.8, 4) is 28.7 Å². The Morgan fingerprint density at radius 2 is 1.36 bits per heavy atom. The highest BCUT2D eigenvalue weighted by molar-refractivity contribution is 7.92. The molecule has 0 atom stereocenters. The lowest BCUT2D eigenvalue weighted by atomic mass is 10.1. The fourth-order valence-corrected chi connectivity index (χ4v) is 4.47. The molecular formula is C28H34N4O9S. The number of hydrogen-bond donors (Lipinski definition) is 4. The highest BCUT2D eigenvalue weighted by atomic mass is 32.2. The predicted molar refractivity (Wildman–Crippen MR) is 159 cm³/mol. The molecular weight excluding hydrogens is 568 g/mol. The summed E-state index contributed by atoms with van der Waals surface area (Å²) in [5, 5.41) is 8.21. The summed E-state index contributed by atoms with van der Waals surface area (Å²) in [6.45, 7) is 2.14. The van der Waals surface area contributed by atoms with Crippen molar-refractivity contribution in [3.63, 3.8) is 0 Å². The molecule has 0 bridgehead atoms. The minimum atomic E-state index is -3.56. The van der Waals surface area contributed by atoms with E-state index in [9.17, 15) is 18.0 Å². The molecule has 0 aromatic heterocycles. The average molecular weight is 603 g/mol. The van der Waals surface area contributed by atoms with Gasteiger partial charge in [-0.2, -0.15) is 0 Å². The fraction of sp³-hybridized carbons (Fsp3) is 0.286. The van der Waals surface area contributed by atoms with Crippen LogP contribution in [0.15, 0.2) is 48.5 Å². The summed E-state index contributed by atoms with van der Waals surface area (Å²) in [6, 6.07) is 12.1. The van der Waals surface area contributed by atoms with Crippen LogP contribution in [0.2, 0.25) is 0 Å². The molecule has 0 aliphatic carbocycles. The van der Waals surface area contributed by atoms with Crippen LogP contribution >= 0.6 is 0 Å². The van der Waals surface area contributed by atoms with Gasteiger partial charge in [0.15, 0.2) is 11.5 Å². The van der Waals surface area contributed by atoms with Crippen molar-refractivity contribution in [3.05, 3.63) is 59.7 Å². The number of methoxy groups -OCH3 is 4. The van der Waals surface area contributed by atoms with Gasteiger partial charge < -0.3 is 39.6 Å². The fourth-order valence-electron chi connectivity index (χ4n) is 3.91. The zero-order chi connectivity index (χ0) is 30.9. The van der Waals surface area contributed by atoms with E-state index >= 15 is 0 Å². The number of sulfonamides is 1. The third-order valence-electron chi connectivity index (χ3n) is 5.76. The van der Waals surface area contributed by atoms with E-state index in [2.05, 4.69) is 20.7 Å². The van der Waals surface area contributed by atoms with Crippen molar-refractivity contribution < 1.29 is 41.7 Å². The van der Waals surface area contributed by atoms with Gasteiger partial charge in [0.05, 0.1) is 52.6 Å². The van der Waals surface area contributed by atoms with Crippen LogP contribution in [0, 0.1) is 0 Å². The van der Waals surface area contributed by atoms with E-state index < -0.39 is 22.0 Å². The smallest absolute Gasteiger partial charge is 0.319 e. The van der Waals surface area contributed by atoms with Gasteiger partial charge in [-0.3, -0.25) is 9.52 Å². The van der Waals surface area contributed by atoms with E-state index in [1.165, 1.54) is 40.6 Å². The Morgan fingerprint density at radius 3 is 1.95 bits per heavy atom. The first-order chi connectivity index (χ1) is 20.0. The summed E-state index contributed by atoms with van der Waals surface area (Å²) in [4.78, 5) is 26.0. The molecule has 226 valence electrons. The Kier molecular flexibility index (Phi) is 10.7. The van der Waals surface area contributed by atoms with Crippen LogP contribution < -0.4 is 44.4 Å². The monoisotopic (exact) mass is 602 g/mol. The summed E-state index contributed by atoms with van der Waals surface area (Å²) in [5.41, 5.74) is 1.73. The molecule has 14 heteroatoms. The second-order valence-electron chi connectivity index (χ2n) is 8.71. The molecule has 0 saturated carbocycles. The molecule has 0 aliphatic rings. The Labute approximate surface area is 244 Å². The molecule has 0 radical (unpaired) electrons. The van der Waals surface area contributed by atoms with Crippen LogP contribution in [0.5, 0.6) is 28.7 Å². The number of nitrogens with one attached hydrogen (secondary N) is 4. The standard InChI is InChI=1S/C28H34N4O9S/c1-7-41-22-10-8-18(13-20(22)27(33)30-19-9-11-23(37-2)26(14-19)40-5)31-28(34)29-16-17-12-25(39-4)21(15-24(17)38-3)32-42(6,35)36/h8-15,32H,7,16H2,1-6H3,(H,30,33)(H2,29,31,34). The van der Waals surface area contributed by atoms with Crippen LogP contribution in [0.3, 0.4) is 0 Å². The molecule has 0 aliphatic heterocycles. The largest absolute Gasteiger partial charge is 0.496 e. The van der Waals surface area contributed by atoms with Gasteiger partial charge in [0.1, 0.15) is 17.2 Å². The van der Waals surface area contributed by atoms with Crippen molar-refractivity contribution in [2.45, 2.75) is 13.5 Å². The van der Waals surface area contributed by atoms with E-state index in [1.807, 2.05) is 0 Å². The van der Waals surface area contributed by atoms with Gasteiger partial charge in [0.2, 0.25) is 10.0 Å². The van der Waals surface area contributed by atoms with E-state index in [0.29, 0.717) is 46.5 Å². The molecule has 42 heavy (non-hydrogen) atoms. The lowest BCUT2D eigenvalue weighted by Crippen LogP contribution is -2.28. The minimum Gasteiger partial charge on any atom is -0.496 e. The van der Waals surface area contributed by atoms with E-state index in [-0.39, 0.29) is 23.5 Å². The van der Waals surface area contributed by atoms with Crippen molar-refractivity contribution in [1.29, 1.82) is 0 Å². The second-order valence-corrected chi connectivity index (χ2v) is 10.5. The first-order valence-corrected chi connectivity index (χ1v) is 14.5. The summed E-state index contributed by atoms with van der Waals surface area (Å²) >= 11 is 0. The van der Waals surface area contributed by atoms with Gasteiger partial charge in [-0.25, -0.2) is 13.2 Å². The molecule has 13 nitrogen and oxygen atoms in total. The van der Waals surface area contributed by atoms with Gasteiger partial charge in [-0.05, 0) is 43.3 Å².